The number of hydrogen-bond acceptors (Lipinski definition) is 4. The quantitative estimate of drug-likeness (QED) is 0.764. The molecule has 23 heavy (non-hydrogen) atoms. The number of para-hydroxylation sites is 1. The summed E-state index contributed by atoms with van der Waals surface area (Å²) in [4.78, 5) is 9.15. The lowest BCUT2D eigenvalue weighted by Crippen LogP contribution is -2.11. The molecule has 4 nitrogen and oxygen atoms in total. The summed E-state index contributed by atoms with van der Waals surface area (Å²) in [5.74, 6) is 1.43. The molecule has 1 saturated heterocycles. The Morgan fingerprint density at radius 2 is 1.96 bits per heavy atom. The van der Waals surface area contributed by atoms with E-state index in [4.69, 9.17) is 0 Å². The van der Waals surface area contributed by atoms with Crippen molar-refractivity contribution in [2.75, 3.05) is 13.1 Å². The molecule has 5 heteroatoms. The number of nitrogens with one attached hydrogen (secondary N) is 1. The van der Waals surface area contributed by atoms with Crippen LogP contribution in [0.4, 0.5) is 4.39 Å². The highest BCUT2D eigenvalue weighted by molar-refractivity contribution is 5.85. The van der Waals surface area contributed by atoms with Crippen molar-refractivity contribution >= 4 is 10.9 Å². The normalized spacial score (nSPS) is 15.3. The van der Waals surface area contributed by atoms with Crippen LogP contribution in [-0.4, -0.2) is 28.2 Å². The van der Waals surface area contributed by atoms with Gasteiger partial charge >= 0.3 is 0 Å². The van der Waals surface area contributed by atoms with Crippen LogP contribution in [0, 0.1) is 11.7 Å². The molecule has 0 bridgehead atoms. The zero-order chi connectivity index (χ0) is 15.8. The molecular weight excluding hydrogens is 293 g/mol. The number of phenols is 1. The van der Waals surface area contributed by atoms with Crippen molar-refractivity contribution in [2.45, 2.75) is 6.42 Å². The van der Waals surface area contributed by atoms with E-state index in [1.54, 1.807) is 24.3 Å². The van der Waals surface area contributed by atoms with Gasteiger partial charge in [-0.25, -0.2) is 14.4 Å². The molecule has 2 aromatic carbocycles. The van der Waals surface area contributed by atoms with Gasteiger partial charge in [0.15, 0.2) is 5.82 Å². The van der Waals surface area contributed by atoms with Gasteiger partial charge in [0.1, 0.15) is 11.6 Å². The number of rotatable bonds is 2. The van der Waals surface area contributed by atoms with Gasteiger partial charge in [0.2, 0.25) is 0 Å². The van der Waals surface area contributed by atoms with Crippen molar-refractivity contribution in [3.8, 4) is 17.1 Å². The molecule has 2 N–H and O–H groups in total. The van der Waals surface area contributed by atoms with E-state index >= 15 is 0 Å². The number of halogens is 1. The van der Waals surface area contributed by atoms with Crippen LogP contribution in [0.2, 0.25) is 0 Å². The van der Waals surface area contributed by atoms with Gasteiger partial charge in [-0.1, -0.05) is 12.1 Å². The maximum absolute atomic E-state index is 13.7. The van der Waals surface area contributed by atoms with Crippen molar-refractivity contribution in [1.29, 1.82) is 0 Å². The lowest BCUT2D eigenvalue weighted by Gasteiger charge is -2.13. The van der Waals surface area contributed by atoms with Gasteiger partial charge in [0.05, 0.1) is 16.8 Å². The topological polar surface area (TPSA) is 58.0 Å². The van der Waals surface area contributed by atoms with E-state index in [1.165, 1.54) is 12.1 Å². The Kier molecular flexibility index (Phi) is 3.42. The SMILES string of the molecule is Oc1ccccc1-c1nc([C]2CCNC2)c2cc(F)ccc2n1. The van der Waals surface area contributed by atoms with Crippen LogP contribution in [0.5, 0.6) is 5.75 Å². The monoisotopic (exact) mass is 308 g/mol. The summed E-state index contributed by atoms with van der Waals surface area (Å²) < 4.78 is 13.7. The van der Waals surface area contributed by atoms with Gasteiger partial charge in [-0.05, 0) is 43.3 Å². The van der Waals surface area contributed by atoms with E-state index in [2.05, 4.69) is 15.3 Å². The Hall–Kier alpha value is -2.53. The smallest absolute Gasteiger partial charge is 0.163 e. The number of hydrogen-bond donors (Lipinski definition) is 2. The van der Waals surface area contributed by atoms with Crippen LogP contribution < -0.4 is 5.32 Å². The average molecular weight is 308 g/mol. The highest BCUT2D eigenvalue weighted by Crippen LogP contribution is 2.32. The first-order valence-electron chi connectivity index (χ1n) is 7.54. The number of fused-ring (bicyclic) bond motifs is 1. The maximum atomic E-state index is 13.7. The van der Waals surface area contributed by atoms with Gasteiger partial charge < -0.3 is 10.4 Å². The molecule has 1 aromatic heterocycles. The van der Waals surface area contributed by atoms with Crippen molar-refractivity contribution in [3.05, 3.63) is 59.9 Å². The third-order valence-corrected chi connectivity index (χ3v) is 4.08. The van der Waals surface area contributed by atoms with Crippen LogP contribution in [0.15, 0.2) is 42.5 Å². The average Bonchev–Trinajstić information content (AvgIpc) is 3.09. The maximum Gasteiger partial charge on any atom is 0.163 e. The standard InChI is InChI=1S/C18H15FN3O/c19-12-5-6-15-14(9-12)17(11-7-8-20-10-11)22-18(21-15)13-3-1-2-4-16(13)23/h1-6,9,20,23H,7-8,10H2. The highest BCUT2D eigenvalue weighted by Gasteiger charge is 2.23. The van der Waals surface area contributed by atoms with Crippen LogP contribution in [0.3, 0.4) is 0 Å². The van der Waals surface area contributed by atoms with Crippen molar-refractivity contribution in [2.24, 2.45) is 0 Å². The van der Waals surface area contributed by atoms with E-state index in [9.17, 15) is 9.50 Å². The minimum absolute atomic E-state index is 0.134. The predicted molar refractivity (Wildman–Crippen MR) is 86.4 cm³/mol. The van der Waals surface area contributed by atoms with Gasteiger partial charge in [0.25, 0.3) is 0 Å². The van der Waals surface area contributed by atoms with Crippen molar-refractivity contribution in [3.63, 3.8) is 0 Å². The molecule has 0 spiro atoms. The predicted octanol–water partition coefficient (Wildman–Crippen LogP) is 3.06. The van der Waals surface area contributed by atoms with Crippen LogP contribution in [0.25, 0.3) is 22.3 Å². The van der Waals surface area contributed by atoms with Gasteiger partial charge in [-0.3, -0.25) is 0 Å². The molecule has 115 valence electrons. The molecule has 0 atom stereocenters. The van der Waals surface area contributed by atoms with Crippen LogP contribution in [0.1, 0.15) is 12.1 Å². The summed E-state index contributed by atoms with van der Waals surface area (Å²) in [6, 6.07) is 11.5. The fourth-order valence-corrected chi connectivity index (χ4v) is 2.92. The lowest BCUT2D eigenvalue weighted by molar-refractivity contribution is 0.477. The Labute approximate surface area is 133 Å². The van der Waals surface area contributed by atoms with E-state index < -0.39 is 0 Å². The number of aromatic nitrogens is 2. The number of aromatic hydroxyl groups is 1. The van der Waals surface area contributed by atoms with Crippen molar-refractivity contribution < 1.29 is 9.50 Å². The second-order valence-corrected chi connectivity index (χ2v) is 5.60. The molecular formula is C18H15FN3O. The number of phenolic OH excluding ortho intramolecular Hbond substituents is 1. The highest BCUT2D eigenvalue weighted by atomic mass is 19.1. The molecule has 1 fully saturated rings. The van der Waals surface area contributed by atoms with Crippen LogP contribution in [-0.2, 0) is 0 Å². The third-order valence-electron chi connectivity index (χ3n) is 4.08. The largest absolute Gasteiger partial charge is 0.507 e. The number of nitrogens with zero attached hydrogens (tertiary/aromatic N) is 2. The molecule has 3 aromatic rings. The second-order valence-electron chi connectivity index (χ2n) is 5.60. The Morgan fingerprint density at radius 1 is 1.09 bits per heavy atom. The van der Waals surface area contributed by atoms with Crippen LogP contribution >= 0.6 is 0 Å². The molecule has 1 aliphatic heterocycles. The summed E-state index contributed by atoms with van der Waals surface area (Å²) in [5, 5.41) is 14.1. The van der Waals surface area contributed by atoms with E-state index in [-0.39, 0.29) is 11.6 Å². The summed E-state index contributed by atoms with van der Waals surface area (Å²) >= 11 is 0. The summed E-state index contributed by atoms with van der Waals surface area (Å²) in [6.07, 6.45) is 0.878. The minimum Gasteiger partial charge on any atom is -0.507 e. The first kappa shape index (κ1) is 14.1. The van der Waals surface area contributed by atoms with E-state index in [0.717, 1.165) is 31.1 Å². The van der Waals surface area contributed by atoms with E-state index in [1.807, 2.05) is 6.07 Å². The van der Waals surface area contributed by atoms with Gasteiger partial charge in [-0.15, -0.1) is 0 Å². The first-order valence-corrected chi connectivity index (χ1v) is 7.54. The molecule has 0 amide bonds. The molecule has 0 unspecified atom stereocenters. The zero-order valence-electron chi connectivity index (χ0n) is 12.4. The van der Waals surface area contributed by atoms with Gasteiger partial charge in [-0.2, -0.15) is 0 Å². The lowest BCUT2D eigenvalue weighted by atomic mass is 9.99. The van der Waals surface area contributed by atoms with E-state index in [0.29, 0.717) is 22.3 Å². The molecule has 4 rings (SSSR count). The molecule has 2 heterocycles. The fourth-order valence-electron chi connectivity index (χ4n) is 2.92. The fraction of sp³-hybridized carbons (Fsp3) is 0.167. The minimum atomic E-state index is -0.302. The summed E-state index contributed by atoms with van der Waals surface area (Å²) in [5.41, 5.74) is 2.01. The Balaban J connectivity index is 1.96. The number of benzene rings is 2. The first-order chi connectivity index (χ1) is 11.2. The molecule has 1 radical (unpaired) electrons. The molecule has 0 aliphatic carbocycles. The Morgan fingerprint density at radius 3 is 2.74 bits per heavy atom. The zero-order valence-corrected chi connectivity index (χ0v) is 12.4. The Bertz CT molecular complexity index is 875. The second kappa shape index (κ2) is 5.59. The summed E-state index contributed by atoms with van der Waals surface area (Å²) in [6.45, 7) is 1.63. The third kappa shape index (κ3) is 2.53. The van der Waals surface area contributed by atoms with Gasteiger partial charge in [0, 0.05) is 17.8 Å². The molecule has 1 aliphatic rings. The molecule has 0 saturated carbocycles. The summed E-state index contributed by atoms with van der Waals surface area (Å²) in [7, 11) is 0. The van der Waals surface area contributed by atoms with Crippen molar-refractivity contribution in [1.82, 2.24) is 15.3 Å².